The third-order valence-electron chi connectivity index (χ3n) is 3.55. The standard InChI is InChI=1S/C17H26N4/c1-5-6-18-16(11-17-12-21(4)20-19-17)10-15-8-13(2)7-14(3)9-15/h7-9,12,16,18H,5-6,10-11H2,1-4H3. The smallest absolute Gasteiger partial charge is 0.0842 e. The van der Waals surface area contributed by atoms with Crippen LogP contribution in [0.2, 0.25) is 0 Å². The molecule has 0 aliphatic rings. The number of aryl methyl sites for hydroxylation is 3. The van der Waals surface area contributed by atoms with Gasteiger partial charge >= 0.3 is 0 Å². The highest BCUT2D eigenvalue weighted by Gasteiger charge is 2.12. The Labute approximate surface area is 127 Å². The maximum absolute atomic E-state index is 4.21. The van der Waals surface area contributed by atoms with Crippen molar-refractivity contribution in [1.82, 2.24) is 20.3 Å². The van der Waals surface area contributed by atoms with Crippen molar-refractivity contribution in [3.05, 3.63) is 46.8 Å². The molecule has 0 bridgehead atoms. The van der Waals surface area contributed by atoms with Crippen LogP contribution in [0.15, 0.2) is 24.4 Å². The monoisotopic (exact) mass is 286 g/mol. The Morgan fingerprint density at radius 3 is 2.43 bits per heavy atom. The first-order valence-electron chi connectivity index (χ1n) is 7.72. The predicted octanol–water partition coefficient (Wildman–Crippen LogP) is 2.59. The Kier molecular flexibility index (Phi) is 5.51. The van der Waals surface area contributed by atoms with Gasteiger partial charge in [0.1, 0.15) is 0 Å². The van der Waals surface area contributed by atoms with E-state index in [1.165, 1.54) is 16.7 Å². The van der Waals surface area contributed by atoms with E-state index >= 15 is 0 Å². The summed E-state index contributed by atoms with van der Waals surface area (Å²) in [6, 6.07) is 7.19. The molecule has 1 aromatic heterocycles. The van der Waals surface area contributed by atoms with Gasteiger partial charge in [0.25, 0.3) is 0 Å². The van der Waals surface area contributed by atoms with Crippen molar-refractivity contribution < 1.29 is 0 Å². The number of rotatable bonds is 7. The second-order valence-electron chi connectivity index (χ2n) is 5.94. The molecule has 1 aromatic carbocycles. The fourth-order valence-electron chi connectivity index (χ4n) is 2.78. The lowest BCUT2D eigenvalue weighted by molar-refractivity contribution is 0.500. The van der Waals surface area contributed by atoms with Crippen LogP contribution in [0.4, 0.5) is 0 Å². The van der Waals surface area contributed by atoms with Crippen LogP contribution >= 0.6 is 0 Å². The van der Waals surface area contributed by atoms with Crippen molar-refractivity contribution in [3.63, 3.8) is 0 Å². The van der Waals surface area contributed by atoms with Crippen LogP contribution < -0.4 is 5.32 Å². The molecule has 1 unspecified atom stereocenters. The van der Waals surface area contributed by atoms with Crippen molar-refractivity contribution in [2.24, 2.45) is 7.05 Å². The lowest BCUT2D eigenvalue weighted by atomic mass is 9.98. The Hall–Kier alpha value is -1.68. The van der Waals surface area contributed by atoms with Gasteiger partial charge in [-0.3, -0.25) is 4.68 Å². The second-order valence-corrected chi connectivity index (χ2v) is 5.94. The van der Waals surface area contributed by atoms with Gasteiger partial charge < -0.3 is 5.32 Å². The van der Waals surface area contributed by atoms with Crippen LogP contribution in [0.25, 0.3) is 0 Å². The third kappa shape index (κ3) is 4.97. The van der Waals surface area contributed by atoms with E-state index in [0.717, 1.165) is 31.5 Å². The summed E-state index contributed by atoms with van der Waals surface area (Å²) in [5, 5.41) is 11.9. The zero-order valence-corrected chi connectivity index (χ0v) is 13.6. The van der Waals surface area contributed by atoms with Gasteiger partial charge in [0.2, 0.25) is 0 Å². The number of hydrogen-bond acceptors (Lipinski definition) is 3. The van der Waals surface area contributed by atoms with Gasteiger partial charge in [0, 0.05) is 25.7 Å². The minimum atomic E-state index is 0.405. The molecular weight excluding hydrogens is 260 g/mol. The van der Waals surface area contributed by atoms with E-state index in [2.05, 4.69) is 54.6 Å². The van der Waals surface area contributed by atoms with Crippen molar-refractivity contribution in [3.8, 4) is 0 Å². The molecule has 114 valence electrons. The van der Waals surface area contributed by atoms with Gasteiger partial charge in [-0.2, -0.15) is 0 Å². The Balaban J connectivity index is 2.07. The van der Waals surface area contributed by atoms with E-state index in [0.29, 0.717) is 6.04 Å². The second kappa shape index (κ2) is 7.36. The van der Waals surface area contributed by atoms with Crippen molar-refractivity contribution in [2.75, 3.05) is 6.54 Å². The SMILES string of the molecule is CCCNC(Cc1cc(C)cc(C)c1)Cc1cn(C)nn1. The molecule has 0 spiro atoms. The first-order valence-corrected chi connectivity index (χ1v) is 7.72. The van der Waals surface area contributed by atoms with Crippen LogP contribution in [0, 0.1) is 13.8 Å². The van der Waals surface area contributed by atoms with E-state index < -0.39 is 0 Å². The zero-order chi connectivity index (χ0) is 15.2. The van der Waals surface area contributed by atoms with Crippen LogP contribution in [0.1, 0.15) is 35.7 Å². The summed E-state index contributed by atoms with van der Waals surface area (Å²) in [5.74, 6) is 0. The van der Waals surface area contributed by atoms with Crippen molar-refractivity contribution in [1.29, 1.82) is 0 Å². The summed E-state index contributed by atoms with van der Waals surface area (Å²) >= 11 is 0. The quantitative estimate of drug-likeness (QED) is 0.850. The molecule has 0 amide bonds. The van der Waals surface area contributed by atoms with E-state index in [9.17, 15) is 0 Å². The molecule has 2 aromatic rings. The molecule has 0 saturated carbocycles. The Bertz CT molecular complexity index is 554. The summed E-state index contributed by atoms with van der Waals surface area (Å²) in [6.45, 7) is 7.56. The molecule has 0 fully saturated rings. The largest absolute Gasteiger partial charge is 0.313 e. The number of nitrogens with one attached hydrogen (secondary N) is 1. The Morgan fingerprint density at radius 2 is 1.86 bits per heavy atom. The average Bonchev–Trinajstić information content (AvgIpc) is 2.80. The van der Waals surface area contributed by atoms with Gasteiger partial charge in [-0.05, 0) is 38.8 Å². The van der Waals surface area contributed by atoms with E-state index in [-0.39, 0.29) is 0 Å². The number of hydrogen-bond donors (Lipinski definition) is 1. The first-order chi connectivity index (χ1) is 10.1. The lowest BCUT2D eigenvalue weighted by Gasteiger charge is -2.18. The van der Waals surface area contributed by atoms with Gasteiger partial charge in [-0.25, -0.2) is 0 Å². The van der Waals surface area contributed by atoms with Gasteiger partial charge in [0.15, 0.2) is 0 Å². The summed E-state index contributed by atoms with van der Waals surface area (Å²) in [5.41, 5.74) is 5.11. The van der Waals surface area contributed by atoms with E-state index in [4.69, 9.17) is 0 Å². The minimum Gasteiger partial charge on any atom is -0.313 e. The van der Waals surface area contributed by atoms with Gasteiger partial charge in [-0.15, -0.1) is 5.10 Å². The number of benzene rings is 1. The summed E-state index contributed by atoms with van der Waals surface area (Å²) in [6.07, 6.45) is 5.09. The summed E-state index contributed by atoms with van der Waals surface area (Å²) < 4.78 is 1.77. The molecule has 4 heteroatoms. The fourth-order valence-corrected chi connectivity index (χ4v) is 2.78. The summed E-state index contributed by atoms with van der Waals surface area (Å²) in [4.78, 5) is 0. The zero-order valence-electron chi connectivity index (χ0n) is 13.6. The molecule has 4 nitrogen and oxygen atoms in total. The van der Waals surface area contributed by atoms with Crippen LogP contribution in [-0.4, -0.2) is 27.6 Å². The minimum absolute atomic E-state index is 0.405. The van der Waals surface area contributed by atoms with Crippen LogP contribution in [-0.2, 0) is 19.9 Å². The predicted molar refractivity (Wildman–Crippen MR) is 86.4 cm³/mol. The molecule has 0 radical (unpaired) electrons. The number of aromatic nitrogens is 3. The molecular formula is C17H26N4. The normalized spacial score (nSPS) is 12.6. The molecule has 1 heterocycles. The maximum atomic E-state index is 4.21. The van der Waals surface area contributed by atoms with E-state index in [1.807, 2.05) is 13.2 Å². The highest BCUT2D eigenvalue weighted by molar-refractivity contribution is 5.29. The molecule has 0 saturated heterocycles. The molecule has 1 N–H and O–H groups in total. The molecule has 0 aliphatic carbocycles. The summed E-state index contributed by atoms with van der Waals surface area (Å²) in [7, 11) is 1.91. The van der Waals surface area contributed by atoms with Crippen LogP contribution in [0.5, 0.6) is 0 Å². The fraction of sp³-hybridized carbons (Fsp3) is 0.529. The molecule has 1 atom stereocenters. The van der Waals surface area contributed by atoms with Crippen molar-refractivity contribution in [2.45, 2.75) is 46.1 Å². The van der Waals surface area contributed by atoms with E-state index in [1.54, 1.807) is 4.68 Å². The number of nitrogens with zero attached hydrogens (tertiary/aromatic N) is 3. The topological polar surface area (TPSA) is 42.7 Å². The maximum Gasteiger partial charge on any atom is 0.0842 e. The van der Waals surface area contributed by atoms with Crippen molar-refractivity contribution >= 4 is 0 Å². The Morgan fingerprint density at radius 1 is 1.14 bits per heavy atom. The highest BCUT2D eigenvalue weighted by Crippen LogP contribution is 2.13. The van der Waals surface area contributed by atoms with Gasteiger partial charge in [-0.1, -0.05) is 41.5 Å². The van der Waals surface area contributed by atoms with Gasteiger partial charge in [0.05, 0.1) is 5.69 Å². The first kappa shape index (κ1) is 15.7. The molecule has 2 rings (SSSR count). The molecule has 21 heavy (non-hydrogen) atoms. The third-order valence-corrected chi connectivity index (χ3v) is 3.55. The molecule has 0 aliphatic heterocycles. The van der Waals surface area contributed by atoms with Crippen LogP contribution in [0.3, 0.4) is 0 Å². The highest BCUT2D eigenvalue weighted by atomic mass is 15.4. The average molecular weight is 286 g/mol. The lowest BCUT2D eigenvalue weighted by Crippen LogP contribution is -2.34.